The number of fused-ring (bicyclic) bond motifs is 1. The Hall–Kier alpha value is -3.43. The van der Waals surface area contributed by atoms with Crippen LogP contribution in [0.1, 0.15) is 41.8 Å². The van der Waals surface area contributed by atoms with Crippen molar-refractivity contribution in [3.8, 4) is 11.1 Å². The molecule has 0 amide bonds. The molecule has 2 heterocycles. The zero-order valence-corrected chi connectivity index (χ0v) is 18.8. The number of nitrogens with zero attached hydrogens (tertiary/aromatic N) is 2. The molecule has 1 unspecified atom stereocenters. The van der Waals surface area contributed by atoms with Gasteiger partial charge in [0.15, 0.2) is 0 Å². The molecule has 0 saturated carbocycles. The minimum absolute atomic E-state index is 0.0283. The van der Waals surface area contributed by atoms with Gasteiger partial charge in [0.2, 0.25) is 5.29 Å². The first-order valence-electron chi connectivity index (χ1n) is 10.8. The molecule has 1 aliphatic rings. The molecule has 0 N–H and O–H groups in total. The van der Waals surface area contributed by atoms with Crippen molar-refractivity contribution in [3.63, 3.8) is 0 Å². The third-order valence-electron chi connectivity index (χ3n) is 5.84. The number of hydrogen-bond acceptors (Lipinski definition) is 3. The average Bonchev–Trinajstić information content (AvgIpc) is 3.15. The van der Waals surface area contributed by atoms with Gasteiger partial charge in [-0.15, -0.1) is 0 Å². The molecular weight excluding hydrogens is 416 g/mol. The van der Waals surface area contributed by atoms with E-state index in [0.29, 0.717) is 11.7 Å². The highest BCUT2D eigenvalue weighted by Gasteiger charge is 2.21. The summed E-state index contributed by atoms with van der Waals surface area (Å²) in [7, 11) is 0. The molecule has 0 saturated heterocycles. The number of halogens is 1. The van der Waals surface area contributed by atoms with Gasteiger partial charge in [-0.3, -0.25) is 0 Å². The molecule has 0 fully saturated rings. The van der Waals surface area contributed by atoms with Crippen molar-refractivity contribution in [2.45, 2.75) is 26.3 Å². The van der Waals surface area contributed by atoms with E-state index >= 15 is 0 Å². The number of aliphatic imine (C=N–C) groups is 2. The van der Waals surface area contributed by atoms with Gasteiger partial charge in [-0.1, -0.05) is 78.9 Å². The van der Waals surface area contributed by atoms with Gasteiger partial charge in [-0.25, -0.2) is 9.98 Å². The lowest BCUT2D eigenvalue weighted by molar-refractivity contribution is 0.578. The van der Waals surface area contributed by atoms with E-state index in [4.69, 9.17) is 16.0 Å². The second kappa shape index (κ2) is 8.60. The fourth-order valence-corrected chi connectivity index (χ4v) is 4.54. The van der Waals surface area contributed by atoms with Crippen LogP contribution in [0.15, 0.2) is 93.3 Å². The Labute approximate surface area is 192 Å². The summed E-state index contributed by atoms with van der Waals surface area (Å²) in [6.45, 7) is 4.03. The highest BCUT2D eigenvalue weighted by Crippen LogP contribution is 2.36. The summed E-state index contributed by atoms with van der Waals surface area (Å²) in [6.07, 6.45) is 4.85. The molecule has 32 heavy (non-hydrogen) atoms. The van der Waals surface area contributed by atoms with Crippen molar-refractivity contribution < 1.29 is 4.42 Å². The zero-order valence-electron chi connectivity index (χ0n) is 18.0. The first-order valence-corrected chi connectivity index (χ1v) is 11.1. The molecule has 0 aliphatic carbocycles. The van der Waals surface area contributed by atoms with Crippen LogP contribution in [0.4, 0.5) is 0 Å². The standard InChI is InChI=1S/C28H23ClN2O/c1-3-9-22-18(2)32-27-23(14-8-15-24(22)27)20-12-7-13-21(16-20)26-17-25(30-28(29)31-26)19-10-5-4-6-11-19/h3-16,25H,17H2,1-2H3/b9-3-. The van der Waals surface area contributed by atoms with Crippen LogP contribution in [0.5, 0.6) is 0 Å². The van der Waals surface area contributed by atoms with E-state index in [0.717, 1.165) is 50.3 Å². The van der Waals surface area contributed by atoms with Crippen molar-refractivity contribution in [2.75, 3.05) is 0 Å². The minimum Gasteiger partial charge on any atom is -0.460 e. The van der Waals surface area contributed by atoms with E-state index in [1.165, 1.54) is 0 Å². The Morgan fingerprint density at radius 2 is 1.75 bits per heavy atom. The molecule has 1 atom stereocenters. The van der Waals surface area contributed by atoms with Crippen LogP contribution in [0.25, 0.3) is 28.2 Å². The molecular formula is C28H23ClN2O. The van der Waals surface area contributed by atoms with E-state index in [2.05, 4.69) is 70.7 Å². The van der Waals surface area contributed by atoms with Crippen LogP contribution in [-0.2, 0) is 0 Å². The number of amidine groups is 1. The molecule has 4 heteroatoms. The molecule has 5 rings (SSSR count). The van der Waals surface area contributed by atoms with Crippen molar-refractivity contribution in [1.82, 2.24) is 0 Å². The SMILES string of the molecule is C/C=C\c1c(C)oc2c(-c3cccc(C4=NC(Cl)=NC(c5ccccc5)C4)c3)cccc12. The molecule has 4 aromatic rings. The van der Waals surface area contributed by atoms with Crippen molar-refractivity contribution >= 4 is 39.7 Å². The lowest BCUT2D eigenvalue weighted by atomic mass is 9.94. The van der Waals surface area contributed by atoms with Crippen LogP contribution in [0.2, 0.25) is 0 Å². The minimum atomic E-state index is -0.0283. The normalized spacial score (nSPS) is 16.4. The Bertz CT molecular complexity index is 1380. The summed E-state index contributed by atoms with van der Waals surface area (Å²) < 4.78 is 6.19. The lowest BCUT2D eigenvalue weighted by Gasteiger charge is -2.19. The molecule has 158 valence electrons. The number of benzene rings is 3. The Morgan fingerprint density at radius 1 is 0.969 bits per heavy atom. The van der Waals surface area contributed by atoms with Crippen molar-refractivity contribution in [1.29, 1.82) is 0 Å². The summed E-state index contributed by atoms with van der Waals surface area (Å²) in [4.78, 5) is 9.12. The van der Waals surface area contributed by atoms with Gasteiger partial charge in [0.25, 0.3) is 0 Å². The maximum atomic E-state index is 6.33. The number of rotatable bonds is 4. The Kier molecular flexibility index (Phi) is 5.50. The van der Waals surface area contributed by atoms with Crippen LogP contribution in [0, 0.1) is 6.92 Å². The number of furan rings is 1. The van der Waals surface area contributed by atoms with Gasteiger partial charge in [-0.2, -0.15) is 0 Å². The Morgan fingerprint density at radius 3 is 2.56 bits per heavy atom. The quantitative estimate of drug-likeness (QED) is 0.297. The molecule has 3 aromatic carbocycles. The molecule has 0 radical (unpaired) electrons. The number of aryl methyl sites for hydroxylation is 1. The van der Waals surface area contributed by atoms with Gasteiger partial charge < -0.3 is 4.42 Å². The largest absolute Gasteiger partial charge is 0.460 e. The molecule has 3 nitrogen and oxygen atoms in total. The number of hydrogen-bond donors (Lipinski definition) is 0. The predicted octanol–water partition coefficient (Wildman–Crippen LogP) is 7.97. The highest BCUT2D eigenvalue weighted by atomic mass is 35.5. The maximum Gasteiger partial charge on any atom is 0.218 e. The van der Waals surface area contributed by atoms with E-state index in [9.17, 15) is 0 Å². The maximum absolute atomic E-state index is 6.33. The van der Waals surface area contributed by atoms with Crippen LogP contribution in [-0.4, -0.2) is 11.0 Å². The topological polar surface area (TPSA) is 37.9 Å². The van der Waals surface area contributed by atoms with Crippen LogP contribution in [0.3, 0.4) is 0 Å². The highest BCUT2D eigenvalue weighted by molar-refractivity contribution is 6.66. The van der Waals surface area contributed by atoms with Crippen LogP contribution < -0.4 is 0 Å². The monoisotopic (exact) mass is 438 g/mol. The molecule has 0 spiro atoms. The first-order chi connectivity index (χ1) is 15.6. The molecule has 1 aromatic heterocycles. The fourth-order valence-electron chi connectivity index (χ4n) is 4.32. The lowest BCUT2D eigenvalue weighted by Crippen LogP contribution is -2.14. The average molecular weight is 439 g/mol. The van der Waals surface area contributed by atoms with Gasteiger partial charge >= 0.3 is 0 Å². The third kappa shape index (κ3) is 3.80. The zero-order chi connectivity index (χ0) is 22.1. The number of para-hydroxylation sites is 1. The van der Waals surface area contributed by atoms with E-state index in [1.807, 2.05) is 38.1 Å². The summed E-state index contributed by atoms with van der Waals surface area (Å²) in [5.74, 6) is 0.923. The van der Waals surface area contributed by atoms with Gasteiger partial charge in [-0.05, 0) is 48.2 Å². The molecule has 1 aliphatic heterocycles. The van der Waals surface area contributed by atoms with Gasteiger partial charge in [0.05, 0.1) is 11.8 Å². The summed E-state index contributed by atoms with van der Waals surface area (Å²) in [5, 5.41) is 1.42. The van der Waals surface area contributed by atoms with Crippen molar-refractivity contribution in [2.24, 2.45) is 9.98 Å². The van der Waals surface area contributed by atoms with E-state index in [1.54, 1.807) is 0 Å². The van der Waals surface area contributed by atoms with Crippen LogP contribution >= 0.6 is 11.6 Å². The third-order valence-corrected chi connectivity index (χ3v) is 6.02. The van der Waals surface area contributed by atoms with Gasteiger partial charge in [0, 0.05) is 22.9 Å². The second-order valence-corrected chi connectivity index (χ2v) is 8.26. The summed E-state index contributed by atoms with van der Waals surface area (Å²) in [6, 6.07) is 24.9. The smallest absolute Gasteiger partial charge is 0.218 e. The van der Waals surface area contributed by atoms with Crippen molar-refractivity contribution in [3.05, 3.63) is 101 Å². The number of allylic oxidation sites excluding steroid dienone is 1. The Balaban J connectivity index is 1.55. The van der Waals surface area contributed by atoms with E-state index < -0.39 is 0 Å². The first kappa shape index (κ1) is 20.5. The van der Waals surface area contributed by atoms with E-state index in [-0.39, 0.29) is 6.04 Å². The predicted molar refractivity (Wildman–Crippen MR) is 135 cm³/mol. The molecule has 0 bridgehead atoms. The fraction of sp³-hybridized carbons (Fsp3) is 0.143. The van der Waals surface area contributed by atoms with Gasteiger partial charge in [0.1, 0.15) is 11.3 Å². The summed E-state index contributed by atoms with van der Waals surface area (Å²) >= 11 is 6.33. The second-order valence-electron chi connectivity index (χ2n) is 7.92. The summed E-state index contributed by atoms with van der Waals surface area (Å²) in [5.41, 5.74) is 7.32.